The summed E-state index contributed by atoms with van der Waals surface area (Å²) in [7, 11) is 3.89. The Hall–Kier alpha value is -4.37. The van der Waals surface area contributed by atoms with E-state index in [0.717, 1.165) is 5.56 Å². The van der Waals surface area contributed by atoms with Gasteiger partial charge in [-0.1, -0.05) is 30.3 Å². The number of carbonyl (C=O) groups is 1. The number of hydrogen-bond acceptors (Lipinski definition) is 5. The Morgan fingerprint density at radius 3 is 2.25 bits per heavy atom. The summed E-state index contributed by atoms with van der Waals surface area (Å²) in [4.78, 5) is 28.3. The third-order valence-corrected chi connectivity index (χ3v) is 5.69. The average Bonchev–Trinajstić information content (AvgIpc) is 3.32. The van der Waals surface area contributed by atoms with Crippen molar-refractivity contribution in [1.82, 2.24) is 19.6 Å². The molecule has 0 saturated carbocycles. The van der Waals surface area contributed by atoms with E-state index in [-0.39, 0.29) is 17.4 Å². The number of carbonyl (C=O) groups excluding carboxylic acids is 1. The fraction of sp³-hybridized carbons (Fsp3) is 0.185. The van der Waals surface area contributed by atoms with E-state index in [2.05, 4.69) is 5.10 Å². The lowest BCUT2D eigenvalue weighted by Gasteiger charge is -2.25. The zero-order valence-electron chi connectivity index (χ0n) is 20.0. The highest BCUT2D eigenvalue weighted by molar-refractivity contribution is 5.94. The van der Waals surface area contributed by atoms with E-state index in [9.17, 15) is 19.3 Å². The molecule has 0 spiro atoms. The summed E-state index contributed by atoms with van der Waals surface area (Å²) in [6.07, 6.45) is 0. The second-order valence-corrected chi connectivity index (χ2v) is 8.62. The van der Waals surface area contributed by atoms with E-state index in [0.29, 0.717) is 42.3 Å². The lowest BCUT2D eigenvalue weighted by molar-refractivity contribution is -0.384. The molecule has 0 aliphatic carbocycles. The lowest BCUT2D eigenvalue weighted by atomic mass is 10.1. The van der Waals surface area contributed by atoms with Gasteiger partial charge in [0.15, 0.2) is 0 Å². The van der Waals surface area contributed by atoms with Gasteiger partial charge in [0.1, 0.15) is 11.5 Å². The molecule has 0 atom stereocenters. The Kier molecular flexibility index (Phi) is 7.50. The molecule has 3 aromatic carbocycles. The van der Waals surface area contributed by atoms with Gasteiger partial charge in [-0.2, -0.15) is 5.10 Å². The van der Waals surface area contributed by atoms with Crippen LogP contribution in [0.15, 0.2) is 84.9 Å². The second kappa shape index (κ2) is 10.9. The van der Waals surface area contributed by atoms with E-state index in [1.54, 1.807) is 35.2 Å². The Bertz CT molecular complexity index is 1340. The van der Waals surface area contributed by atoms with Gasteiger partial charge in [-0.15, -0.1) is 0 Å². The largest absolute Gasteiger partial charge is 0.332 e. The first-order valence-electron chi connectivity index (χ1n) is 11.4. The zero-order chi connectivity index (χ0) is 25.7. The molecule has 4 aromatic rings. The molecule has 4 rings (SSSR count). The minimum atomic E-state index is -0.480. The maximum atomic E-state index is 13.9. The minimum Gasteiger partial charge on any atom is -0.332 e. The number of nitrogens with zero attached hydrogens (tertiary/aromatic N) is 5. The molecular weight excluding hydrogens is 461 g/mol. The Balaban J connectivity index is 1.77. The summed E-state index contributed by atoms with van der Waals surface area (Å²) in [5, 5.41) is 15.7. The second-order valence-electron chi connectivity index (χ2n) is 8.62. The summed E-state index contributed by atoms with van der Waals surface area (Å²) in [6.45, 7) is 1.55. The van der Waals surface area contributed by atoms with E-state index in [1.165, 1.54) is 28.9 Å². The van der Waals surface area contributed by atoms with Crippen molar-refractivity contribution in [3.05, 3.63) is 112 Å². The van der Waals surface area contributed by atoms with Crippen LogP contribution in [-0.2, 0) is 6.54 Å². The quantitative estimate of drug-likeness (QED) is 0.250. The van der Waals surface area contributed by atoms with Crippen molar-refractivity contribution in [2.75, 3.05) is 27.2 Å². The highest BCUT2D eigenvalue weighted by Crippen LogP contribution is 2.25. The van der Waals surface area contributed by atoms with Gasteiger partial charge in [0.05, 0.1) is 16.3 Å². The maximum Gasteiger partial charge on any atom is 0.272 e. The maximum absolute atomic E-state index is 13.9. The number of halogens is 1. The fourth-order valence-electron chi connectivity index (χ4n) is 3.75. The van der Waals surface area contributed by atoms with E-state index in [4.69, 9.17) is 0 Å². The van der Waals surface area contributed by atoms with Crippen molar-refractivity contribution >= 4 is 11.6 Å². The number of nitro groups is 1. The van der Waals surface area contributed by atoms with Gasteiger partial charge < -0.3 is 9.80 Å². The van der Waals surface area contributed by atoms with Crippen LogP contribution >= 0.6 is 0 Å². The molecule has 8 nitrogen and oxygen atoms in total. The summed E-state index contributed by atoms with van der Waals surface area (Å²) in [6, 6.07) is 23.1. The van der Waals surface area contributed by atoms with Crippen molar-refractivity contribution in [2.45, 2.75) is 6.54 Å². The van der Waals surface area contributed by atoms with Crippen LogP contribution in [0.5, 0.6) is 0 Å². The van der Waals surface area contributed by atoms with Gasteiger partial charge in [0.2, 0.25) is 0 Å². The first-order chi connectivity index (χ1) is 17.3. The Morgan fingerprint density at radius 1 is 0.972 bits per heavy atom. The topological polar surface area (TPSA) is 84.5 Å². The summed E-state index contributed by atoms with van der Waals surface area (Å²) in [5.41, 5.74) is 2.87. The van der Waals surface area contributed by atoms with Gasteiger partial charge in [-0.25, -0.2) is 9.07 Å². The normalized spacial score (nSPS) is 11.0. The van der Waals surface area contributed by atoms with Crippen molar-refractivity contribution < 1.29 is 14.1 Å². The molecule has 0 bridgehead atoms. The van der Waals surface area contributed by atoms with Crippen LogP contribution in [0.1, 0.15) is 16.1 Å². The molecule has 0 fully saturated rings. The van der Waals surface area contributed by atoms with Gasteiger partial charge >= 0.3 is 0 Å². The van der Waals surface area contributed by atoms with Gasteiger partial charge in [0, 0.05) is 37.3 Å². The van der Waals surface area contributed by atoms with Crippen molar-refractivity contribution in [3.8, 4) is 16.9 Å². The smallest absolute Gasteiger partial charge is 0.272 e. The van der Waals surface area contributed by atoms with Crippen LogP contribution < -0.4 is 0 Å². The summed E-state index contributed by atoms with van der Waals surface area (Å²) >= 11 is 0. The van der Waals surface area contributed by atoms with Crippen LogP contribution in [0.3, 0.4) is 0 Å². The summed E-state index contributed by atoms with van der Waals surface area (Å²) in [5.74, 6) is -0.609. The standard InChI is InChI=1S/C27H26FN5O3/c1-30(2)16-17-31(19-20-6-4-3-5-7-20)27(34)26-18-25(21-8-10-22(28)11-9-21)29-32(26)23-12-14-24(15-13-23)33(35)36/h3-15,18H,16-17,19H2,1-2H3. The Morgan fingerprint density at radius 2 is 1.64 bits per heavy atom. The van der Waals surface area contributed by atoms with Gasteiger partial charge in [-0.05, 0) is 62.1 Å². The first-order valence-corrected chi connectivity index (χ1v) is 11.4. The van der Waals surface area contributed by atoms with Crippen LogP contribution in [0, 0.1) is 15.9 Å². The predicted octanol–water partition coefficient (Wildman–Crippen LogP) is 4.79. The number of amides is 1. The van der Waals surface area contributed by atoms with Crippen LogP contribution in [-0.4, -0.2) is 57.6 Å². The van der Waals surface area contributed by atoms with Crippen LogP contribution in [0.4, 0.5) is 10.1 Å². The first kappa shape index (κ1) is 24.7. The van der Waals surface area contributed by atoms with E-state index < -0.39 is 4.92 Å². The van der Waals surface area contributed by atoms with Crippen molar-refractivity contribution in [3.63, 3.8) is 0 Å². The number of hydrogen-bond donors (Lipinski definition) is 0. The molecule has 0 N–H and O–H groups in total. The molecule has 1 heterocycles. The number of aromatic nitrogens is 2. The zero-order valence-corrected chi connectivity index (χ0v) is 20.0. The Labute approximate surface area is 208 Å². The molecule has 1 aromatic heterocycles. The third kappa shape index (κ3) is 5.81. The molecule has 1 amide bonds. The van der Waals surface area contributed by atoms with E-state index in [1.807, 2.05) is 49.3 Å². The molecular formula is C27H26FN5O3. The lowest BCUT2D eigenvalue weighted by Crippen LogP contribution is -2.37. The monoisotopic (exact) mass is 487 g/mol. The molecule has 0 saturated heterocycles. The van der Waals surface area contributed by atoms with E-state index >= 15 is 0 Å². The molecule has 9 heteroatoms. The molecule has 184 valence electrons. The van der Waals surface area contributed by atoms with Gasteiger partial charge in [-0.3, -0.25) is 14.9 Å². The van der Waals surface area contributed by atoms with Gasteiger partial charge in [0.25, 0.3) is 11.6 Å². The fourth-order valence-corrected chi connectivity index (χ4v) is 3.75. The van der Waals surface area contributed by atoms with Crippen LogP contribution in [0.25, 0.3) is 16.9 Å². The molecule has 36 heavy (non-hydrogen) atoms. The molecule has 0 unspecified atom stereocenters. The minimum absolute atomic E-state index is 0.0609. The average molecular weight is 488 g/mol. The number of non-ortho nitro benzene ring substituents is 1. The molecule has 0 radical (unpaired) electrons. The number of nitro benzene ring substituents is 1. The summed E-state index contributed by atoms with van der Waals surface area (Å²) < 4.78 is 15.0. The number of rotatable bonds is 9. The van der Waals surface area contributed by atoms with Crippen molar-refractivity contribution in [1.29, 1.82) is 0 Å². The van der Waals surface area contributed by atoms with Crippen molar-refractivity contribution in [2.24, 2.45) is 0 Å². The number of likely N-dealkylation sites (N-methyl/N-ethyl adjacent to an activating group) is 1. The SMILES string of the molecule is CN(C)CCN(Cc1ccccc1)C(=O)c1cc(-c2ccc(F)cc2)nn1-c1ccc([N+](=O)[O-])cc1. The highest BCUT2D eigenvalue weighted by Gasteiger charge is 2.24. The predicted molar refractivity (Wildman–Crippen MR) is 135 cm³/mol. The van der Waals surface area contributed by atoms with Crippen LogP contribution in [0.2, 0.25) is 0 Å². The molecule has 0 aliphatic heterocycles. The molecule has 0 aliphatic rings. The third-order valence-electron chi connectivity index (χ3n) is 5.69. The highest BCUT2D eigenvalue weighted by atomic mass is 19.1. The number of benzene rings is 3.